The van der Waals surface area contributed by atoms with Gasteiger partial charge in [-0.2, -0.15) is 0 Å². The van der Waals surface area contributed by atoms with Gasteiger partial charge in [0.25, 0.3) is 0 Å². The Labute approximate surface area is 54.1 Å². The fourth-order valence-corrected chi connectivity index (χ4v) is 0. The van der Waals surface area contributed by atoms with Gasteiger partial charge in [-0.3, -0.25) is 0 Å². The molecule has 0 aliphatic heterocycles. The van der Waals surface area contributed by atoms with Gasteiger partial charge in [-0.15, -0.1) is 4.45 Å². The molecule has 0 radical (unpaired) electrons. The zero-order valence-corrected chi connectivity index (χ0v) is 7.03. The second-order valence-electron chi connectivity index (χ2n) is 0.250. The van der Waals surface area contributed by atoms with E-state index < -0.39 is 4.45 Å². The molecule has 0 aromatic heterocycles. The zero-order valence-electron chi connectivity index (χ0n) is 2.43. The van der Waals surface area contributed by atoms with Crippen molar-refractivity contribution in [3.63, 3.8) is 0 Å². The molecule has 5 heavy (non-hydrogen) atoms. The monoisotopic (exact) mass is 156 g/mol. The fraction of sp³-hybridized carbons (Fsp3) is 0. The van der Waals surface area contributed by atoms with Crippen LogP contribution < -0.4 is 0 Å². The molecule has 0 rings (SSSR count). The summed E-state index contributed by atoms with van der Waals surface area (Å²) >= 11 is 7.59. The fourth-order valence-electron chi connectivity index (χ4n) is 0. The normalized spacial score (nSPS) is 4.80. The number of hydrogen-bond acceptors (Lipinski definition) is 3. The van der Waals surface area contributed by atoms with Crippen molar-refractivity contribution in [2.75, 3.05) is 0 Å². The van der Waals surface area contributed by atoms with E-state index in [1.807, 2.05) is 0 Å². The first-order valence-electron chi connectivity index (χ1n) is 0.612. The Morgan fingerprint density at radius 3 is 1.40 bits per heavy atom. The van der Waals surface area contributed by atoms with Crippen LogP contribution in [-0.2, 0) is 44.7 Å². The molecule has 0 aliphatic rings. The number of rotatable bonds is 0. The third kappa shape index (κ3) is 65.8. The predicted octanol–water partition coefficient (Wildman–Crippen LogP) is 0.198. The summed E-state index contributed by atoms with van der Waals surface area (Å²) in [6.07, 6.45) is 0. The third-order valence-electron chi connectivity index (χ3n) is 0. The van der Waals surface area contributed by atoms with Crippen molar-refractivity contribution in [2.24, 2.45) is 0 Å². The maximum absolute atomic E-state index is 9.07. The van der Waals surface area contributed by atoms with Crippen molar-refractivity contribution in [3.05, 3.63) is 0 Å². The van der Waals surface area contributed by atoms with E-state index in [9.17, 15) is 0 Å². The average Bonchev–Trinajstić information content (AvgIpc) is 0.811. The molecule has 24 valence electrons. The smallest absolute Gasteiger partial charge is 0.767 e. The van der Waals surface area contributed by atoms with Gasteiger partial charge in [-0.1, -0.05) is 0 Å². The van der Waals surface area contributed by atoms with Crippen LogP contribution in [0.25, 0.3) is 0 Å². The summed E-state index contributed by atoms with van der Waals surface area (Å²) < 4.78 is -0.667. The molecule has 0 saturated heterocycles. The SMILES string of the molecule is O=C([S-])[S-].[Zn+2]. The predicted molar refractivity (Wildman–Crippen MR) is 20.1 cm³/mol. The van der Waals surface area contributed by atoms with Crippen LogP contribution in [0.4, 0.5) is 4.79 Å². The van der Waals surface area contributed by atoms with E-state index in [1.165, 1.54) is 0 Å². The molecule has 0 N–H and O–H groups in total. The van der Waals surface area contributed by atoms with Crippen molar-refractivity contribution in [1.29, 1.82) is 0 Å². The van der Waals surface area contributed by atoms with E-state index in [1.54, 1.807) is 0 Å². The number of carbonyl (C=O) groups is 1. The van der Waals surface area contributed by atoms with Crippen LogP contribution in [0.2, 0.25) is 0 Å². The summed E-state index contributed by atoms with van der Waals surface area (Å²) in [7, 11) is 0. The maximum Gasteiger partial charge on any atom is 2.00 e. The van der Waals surface area contributed by atoms with Crippen LogP contribution in [0.15, 0.2) is 0 Å². The first-order valence-corrected chi connectivity index (χ1v) is 1.43. The Hall–Kier alpha value is 0.733. The van der Waals surface area contributed by atoms with Gasteiger partial charge in [0, 0.05) is 0 Å². The second-order valence-corrected chi connectivity index (χ2v) is 1.25. The molecular weight excluding hydrogens is 158 g/mol. The van der Waals surface area contributed by atoms with Gasteiger partial charge >= 0.3 is 19.5 Å². The molecule has 4 heteroatoms. The Balaban J connectivity index is 0. The van der Waals surface area contributed by atoms with Crippen LogP contribution >= 0.6 is 0 Å². The van der Waals surface area contributed by atoms with Gasteiger partial charge < -0.3 is 30.1 Å². The zero-order chi connectivity index (χ0) is 3.58. The summed E-state index contributed by atoms with van der Waals surface area (Å²) in [5, 5.41) is 0. The standard InChI is InChI=1S/CH2OS2.Zn/c2-1(3)4;/h(H2,2,3,4);/q;+2/p-2. The molecule has 0 bridgehead atoms. The summed E-state index contributed by atoms with van der Waals surface area (Å²) in [6.45, 7) is 0. The van der Waals surface area contributed by atoms with Crippen LogP contribution in [0.5, 0.6) is 0 Å². The molecular formula is COS2Zn. The molecule has 0 atom stereocenters. The number of hydrogen-bond donors (Lipinski definition) is 0. The van der Waals surface area contributed by atoms with Gasteiger partial charge in [0.15, 0.2) is 0 Å². The molecule has 0 amide bonds. The summed E-state index contributed by atoms with van der Waals surface area (Å²) in [4.78, 5) is 9.07. The van der Waals surface area contributed by atoms with Crippen LogP contribution in [-0.4, -0.2) is 4.45 Å². The van der Waals surface area contributed by atoms with Crippen LogP contribution in [0.3, 0.4) is 0 Å². The average molecular weight is 158 g/mol. The van der Waals surface area contributed by atoms with Gasteiger partial charge in [-0.05, 0) is 0 Å². The van der Waals surface area contributed by atoms with E-state index in [-0.39, 0.29) is 19.5 Å². The summed E-state index contributed by atoms with van der Waals surface area (Å²) in [6, 6.07) is 0. The molecule has 0 heterocycles. The topological polar surface area (TPSA) is 17.1 Å². The Bertz CT molecular complexity index is 32.6. The minimum Gasteiger partial charge on any atom is -0.767 e. The van der Waals surface area contributed by atoms with E-state index in [2.05, 4.69) is 25.3 Å². The Morgan fingerprint density at radius 2 is 1.40 bits per heavy atom. The number of carbonyl (C=O) groups excluding carboxylic acids is 1. The summed E-state index contributed by atoms with van der Waals surface area (Å²) in [5.41, 5.74) is 0. The molecule has 1 nitrogen and oxygen atoms in total. The molecule has 0 fully saturated rings. The van der Waals surface area contributed by atoms with Gasteiger partial charge in [0.1, 0.15) is 0 Å². The van der Waals surface area contributed by atoms with Gasteiger partial charge in [0.05, 0.1) is 0 Å². The van der Waals surface area contributed by atoms with Gasteiger partial charge in [-0.25, -0.2) is 0 Å². The third-order valence-corrected chi connectivity index (χ3v) is 0. The molecule has 0 aromatic rings. The second kappa shape index (κ2) is 4.73. The summed E-state index contributed by atoms with van der Waals surface area (Å²) in [5.74, 6) is 0. The quantitative estimate of drug-likeness (QED) is 0.369. The van der Waals surface area contributed by atoms with E-state index in [4.69, 9.17) is 4.79 Å². The van der Waals surface area contributed by atoms with E-state index in [0.29, 0.717) is 0 Å². The molecule has 0 aliphatic carbocycles. The van der Waals surface area contributed by atoms with Crippen molar-refractivity contribution in [2.45, 2.75) is 0 Å². The van der Waals surface area contributed by atoms with Crippen molar-refractivity contribution in [3.8, 4) is 0 Å². The first-order chi connectivity index (χ1) is 1.73. The van der Waals surface area contributed by atoms with Crippen molar-refractivity contribution >= 4 is 29.7 Å². The molecule has 0 unspecified atom stereocenters. The largest absolute Gasteiger partial charge is 2.00 e. The first kappa shape index (κ1) is 9.22. The van der Waals surface area contributed by atoms with Gasteiger partial charge in [0.2, 0.25) is 0 Å². The minimum atomic E-state index is -0.667. The maximum atomic E-state index is 9.07. The Morgan fingerprint density at radius 1 is 1.40 bits per heavy atom. The van der Waals surface area contributed by atoms with Crippen molar-refractivity contribution in [1.82, 2.24) is 0 Å². The molecule has 0 saturated carbocycles. The minimum absolute atomic E-state index is 0. The molecule has 0 spiro atoms. The van der Waals surface area contributed by atoms with Crippen LogP contribution in [0, 0.1) is 0 Å². The van der Waals surface area contributed by atoms with E-state index in [0.717, 1.165) is 0 Å². The van der Waals surface area contributed by atoms with Crippen molar-refractivity contribution < 1.29 is 24.3 Å². The van der Waals surface area contributed by atoms with E-state index >= 15 is 0 Å². The Kier molecular flexibility index (Phi) is 8.72. The molecule has 0 aromatic carbocycles. The van der Waals surface area contributed by atoms with Crippen LogP contribution in [0.1, 0.15) is 0 Å².